The maximum atomic E-state index is 12.3. The van der Waals surface area contributed by atoms with Gasteiger partial charge < -0.3 is 5.43 Å². The maximum Gasteiger partial charge on any atom is 0.244 e. The quantitative estimate of drug-likeness (QED) is 0.503. The number of nitrogen functional groups attached to an aromatic ring is 1. The monoisotopic (exact) mass is 300 g/mol. The molecule has 0 radical (unpaired) electrons. The van der Waals surface area contributed by atoms with E-state index in [1.807, 2.05) is 6.92 Å². The summed E-state index contributed by atoms with van der Waals surface area (Å²) < 4.78 is 27.2. The molecular formula is C13H24N4O2S. The molecule has 7 heteroatoms. The molecule has 0 amide bonds. The zero-order chi connectivity index (χ0) is 15.2. The van der Waals surface area contributed by atoms with E-state index >= 15 is 0 Å². The molecule has 4 N–H and O–H groups in total. The van der Waals surface area contributed by atoms with E-state index in [1.165, 1.54) is 12.3 Å². The maximum absolute atomic E-state index is 12.3. The van der Waals surface area contributed by atoms with Crippen molar-refractivity contribution >= 4 is 15.8 Å². The zero-order valence-electron chi connectivity index (χ0n) is 12.3. The highest BCUT2D eigenvalue weighted by molar-refractivity contribution is 7.89. The van der Waals surface area contributed by atoms with Crippen molar-refractivity contribution in [1.82, 2.24) is 9.71 Å². The average Bonchev–Trinajstić information content (AvgIpc) is 2.37. The van der Waals surface area contributed by atoms with Crippen LogP contribution in [0.3, 0.4) is 0 Å². The molecule has 0 spiro atoms. The molecule has 1 rings (SSSR count). The number of sulfonamides is 1. The van der Waals surface area contributed by atoms with Crippen molar-refractivity contribution < 1.29 is 8.42 Å². The van der Waals surface area contributed by atoms with Crippen molar-refractivity contribution in [2.45, 2.75) is 51.0 Å². The first-order valence-corrected chi connectivity index (χ1v) is 8.29. The normalized spacial score (nSPS) is 13.4. The zero-order valence-corrected chi connectivity index (χ0v) is 13.1. The third-order valence-electron chi connectivity index (χ3n) is 2.97. The van der Waals surface area contributed by atoms with E-state index < -0.39 is 10.0 Å². The minimum atomic E-state index is -3.61. The number of hydrogen-bond acceptors (Lipinski definition) is 5. The fourth-order valence-corrected chi connectivity index (χ4v) is 3.33. The number of hydrazine groups is 1. The summed E-state index contributed by atoms with van der Waals surface area (Å²) in [6.07, 6.45) is 4.38. The number of anilines is 1. The first-order chi connectivity index (χ1) is 9.36. The average molecular weight is 300 g/mol. The lowest BCUT2D eigenvalue weighted by atomic mass is 10.0. The highest BCUT2D eigenvalue weighted by Gasteiger charge is 2.21. The summed E-state index contributed by atoms with van der Waals surface area (Å²) >= 11 is 0. The van der Waals surface area contributed by atoms with Gasteiger partial charge in [0.2, 0.25) is 10.0 Å². The summed E-state index contributed by atoms with van der Waals surface area (Å²) in [7, 11) is -3.61. The van der Waals surface area contributed by atoms with Crippen LogP contribution in [0.15, 0.2) is 23.2 Å². The summed E-state index contributed by atoms with van der Waals surface area (Å²) in [5, 5.41) is 0. The van der Waals surface area contributed by atoms with E-state index in [9.17, 15) is 8.42 Å². The lowest BCUT2D eigenvalue weighted by Gasteiger charge is -2.16. The number of hydrogen-bond donors (Lipinski definition) is 3. The second-order valence-corrected chi connectivity index (χ2v) is 7.02. The van der Waals surface area contributed by atoms with Gasteiger partial charge in [0.15, 0.2) is 5.82 Å². The Morgan fingerprint density at radius 2 is 2.00 bits per heavy atom. The number of pyridine rings is 1. The molecule has 20 heavy (non-hydrogen) atoms. The van der Waals surface area contributed by atoms with Crippen LogP contribution in [0.5, 0.6) is 0 Å². The van der Waals surface area contributed by atoms with Crippen LogP contribution in [0.2, 0.25) is 0 Å². The summed E-state index contributed by atoms with van der Waals surface area (Å²) in [4.78, 5) is 3.97. The minimum Gasteiger partial charge on any atom is -0.307 e. The van der Waals surface area contributed by atoms with Crippen LogP contribution in [0.25, 0.3) is 0 Å². The highest BCUT2D eigenvalue weighted by atomic mass is 32.2. The molecule has 0 fully saturated rings. The van der Waals surface area contributed by atoms with E-state index in [2.05, 4.69) is 29.0 Å². The second-order valence-electron chi connectivity index (χ2n) is 5.34. The summed E-state index contributed by atoms with van der Waals surface area (Å²) in [6, 6.07) is 2.93. The number of aromatic nitrogens is 1. The summed E-state index contributed by atoms with van der Waals surface area (Å²) in [5.74, 6) is 6.06. The lowest BCUT2D eigenvalue weighted by molar-refractivity contribution is 0.488. The molecule has 0 aliphatic carbocycles. The minimum absolute atomic E-state index is 0.0678. The van der Waals surface area contributed by atoms with Crippen molar-refractivity contribution in [3.8, 4) is 0 Å². The van der Waals surface area contributed by atoms with Gasteiger partial charge in [0.1, 0.15) is 4.90 Å². The molecule has 6 nitrogen and oxygen atoms in total. The first-order valence-electron chi connectivity index (χ1n) is 6.80. The van der Waals surface area contributed by atoms with Crippen LogP contribution in [0, 0.1) is 5.92 Å². The van der Waals surface area contributed by atoms with Crippen LogP contribution < -0.4 is 16.0 Å². The van der Waals surface area contributed by atoms with Crippen molar-refractivity contribution in [1.29, 1.82) is 0 Å². The van der Waals surface area contributed by atoms with Crippen LogP contribution in [0.4, 0.5) is 5.82 Å². The molecule has 1 unspecified atom stereocenters. The molecule has 114 valence electrons. The van der Waals surface area contributed by atoms with E-state index in [1.54, 1.807) is 6.07 Å². The third kappa shape index (κ3) is 5.07. The summed E-state index contributed by atoms with van der Waals surface area (Å²) in [6.45, 7) is 6.18. The summed E-state index contributed by atoms with van der Waals surface area (Å²) in [5.41, 5.74) is 2.30. The molecule has 0 saturated heterocycles. The topological polar surface area (TPSA) is 97.1 Å². The molecule has 1 aromatic heterocycles. The van der Waals surface area contributed by atoms with Gasteiger partial charge in [-0.1, -0.05) is 26.7 Å². The lowest BCUT2D eigenvalue weighted by Crippen LogP contribution is -2.33. The van der Waals surface area contributed by atoms with E-state index in [0.717, 1.165) is 19.3 Å². The van der Waals surface area contributed by atoms with Gasteiger partial charge in [-0.05, 0) is 31.4 Å². The number of rotatable bonds is 8. The fourth-order valence-electron chi connectivity index (χ4n) is 1.94. The van der Waals surface area contributed by atoms with Crippen LogP contribution in [0.1, 0.15) is 40.0 Å². The smallest absolute Gasteiger partial charge is 0.244 e. The number of nitrogens with two attached hydrogens (primary N) is 1. The molecule has 1 heterocycles. The van der Waals surface area contributed by atoms with E-state index in [4.69, 9.17) is 5.84 Å². The van der Waals surface area contributed by atoms with Crippen molar-refractivity contribution in [3.05, 3.63) is 18.3 Å². The van der Waals surface area contributed by atoms with Crippen LogP contribution in [-0.2, 0) is 10.0 Å². The first kappa shape index (κ1) is 16.9. The van der Waals surface area contributed by atoms with Gasteiger partial charge in [-0.2, -0.15) is 0 Å². The van der Waals surface area contributed by atoms with Crippen LogP contribution >= 0.6 is 0 Å². The Hall–Kier alpha value is -1.18. The Bertz CT molecular complexity index is 517. The van der Waals surface area contributed by atoms with Gasteiger partial charge in [0.05, 0.1) is 0 Å². The molecule has 1 aromatic rings. The third-order valence-corrected chi connectivity index (χ3v) is 4.59. The van der Waals surface area contributed by atoms with Gasteiger partial charge in [-0.25, -0.2) is 24.0 Å². The van der Waals surface area contributed by atoms with Gasteiger partial charge >= 0.3 is 0 Å². The largest absolute Gasteiger partial charge is 0.307 e. The van der Waals surface area contributed by atoms with E-state index in [-0.39, 0.29) is 16.8 Å². The second kappa shape index (κ2) is 7.56. The molecule has 0 aliphatic heterocycles. The Morgan fingerprint density at radius 1 is 1.30 bits per heavy atom. The molecular weight excluding hydrogens is 276 g/mol. The number of nitrogens with one attached hydrogen (secondary N) is 2. The Balaban J connectivity index is 2.69. The predicted octanol–water partition coefficient (Wildman–Crippen LogP) is 1.86. The predicted molar refractivity (Wildman–Crippen MR) is 80.5 cm³/mol. The molecule has 1 atom stereocenters. The van der Waals surface area contributed by atoms with Gasteiger partial charge in [-0.3, -0.25) is 0 Å². The van der Waals surface area contributed by atoms with E-state index in [0.29, 0.717) is 5.92 Å². The van der Waals surface area contributed by atoms with Gasteiger partial charge in [0.25, 0.3) is 0 Å². The molecule has 0 aliphatic rings. The standard InChI is InChI=1S/C13H24N4O2S/c1-10(2)6-4-7-11(3)17-20(18,19)12-8-5-9-15-13(12)16-14/h5,8-11,17H,4,6-7,14H2,1-3H3,(H,15,16). The molecule has 0 saturated carbocycles. The fraction of sp³-hybridized carbons (Fsp3) is 0.615. The SMILES string of the molecule is CC(C)CCCC(C)NS(=O)(=O)c1cccnc1NN. The van der Waals surface area contributed by atoms with Gasteiger partial charge in [0, 0.05) is 12.2 Å². The van der Waals surface area contributed by atoms with Crippen molar-refractivity contribution in [2.75, 3.05) is 5.43 Å². The van der Waals surface area contributed by atoms with Crippen LogP contribution in [-0.4, -0.2) is 19.4 Å². The molecule has 0 aromatic carbocycles. The highest BCUT2D eigenvalue weighted by Crippen LogP contribution is 2.18. The van der Waals surface area contributed by atoms with Gasteiger partial charge in [-0.15, -0.1) is 0 Å². The number of nitrogens with zero attached hydrogens (tertiary/aromatic N) is 1. The van der Waals surface area contributed by atoms with Crippen molar-refractivity contribution in [3.63, 3.8) is 0 Å². The molecule has 0 bridgehead atoms. The van der Waals surface area contributed by atoms with Crippen molar-refractivity contribution in [2.24, 2.45) is 11.8 Å². The Morgan fingerprint density at radius 3 is 2.60 bits per heavy atom. The Kier molecular flexibility index (Phi) is 6.38. The Labute approximate surface area is 121 Å².